The molecule has 0 fully saturated rings. The van der Waals surface area contributed by atoms with E-state index in [1.54, 1.807) is 7.11 Å². The van der Waals surface area contributed by atoms with E-state index in [4.69, 9.17) is 10.00 Å². The zero-order chi connectivity index (χ0) is 13.1. The maximum atomic E-state index is 8.88. The minimum atomic E-state index is 0.360. The molecule has 0 atom stereocenters. The topological polar surface area (TPSA) is 61.7 Å². The lowest BCUT2D eigenvalue weighted by Gasteiger charge is -2.07. The third-order valence-electron chi connectivity index (χ3n) is 2.70. The van der Waals surface area contributed by atoms with E-state index in [-0.39, 0.29) is 0 Å². The van der Waals surface area contributed by atoms with Crippen molar-refractivity contribution in [1.29, 1.82) is 5.26 Å². The molecule has 0 spiro atoms. The highest BCUT2D eigenvalue weighted by Gasteiger charge is 2.10. The van der Waals surface area contributed by atoms with Gasteiger partial charge in [0.25, 0.3) is 0 Å². The maximum absolute atomic E-state index is 8.88. The summed E-state index contributed by atoms with van der Waals surface area (Å²) in [5, 5.41) is 8.88. The van der Waals surface area contributed by atoms with Crippen molar-refractivity contribution >= 4 is 15.9 Å². The van der Waals surface area contributed by atoms with Gasteiger partial charge in [0.05, 0.1) is 7.11 Å². The van der Waals surface area contributed by atoms with Crippen LogP contribution < -0.4 is 4.74 Å². The predicted octanol–water partition coefficient (Wildman–Crippen LogP) is 3.28. The van der Waals surface area contributed by atoms with E-state index in [9.17, 15) is 0 Å². The van der Waals surface area contributed by atoms with Crippen LogP contribution in [-0.4, -0.2) is 17.1 Å². The zero-order valence-corrected chi connectivity index (χ0v) is 11.7. The SMILES string of the molecule is CCc1cc(-c2nc(C#N)c(Br)[nH]2)ccc1OC. The highest BCUT2D eigenvalue weighted by molar-refractivity contribution is 9.10. The van der Waals surface area contributed by atoms with Crippen LogP contribution in [0.5, 0.6) is 5.75 Å². The molecule has 92 valence electrons. The summed E-state index contributed by atoms with van der Waals surface area (Å²) in [6.07, 6.45) is 0.879. The lowest BCUT2D eigenvalue weighted by molar-refractivity contribution is 0.410. The van der Waals surface area contributed by atoms with Gasteiger partial charge in [-0.3, -0.25) is 0 Å². The van der Waals surface area contributed by atoms with E-state index >= 15 is 0 Å². The zero-order valence-electron chi connectivity index (χ0n) is 10.1. The van der Waals surface area contributed by atoms with Gasteiger partial charge in [0.2, 0.25) is 0 Å². The van der Waals surface area contributed by atoms with Gasteiger partial charge < -0.3 is 9.72 Å². The molecule has 0 unspecified atom stereocenters. The van der Waals surface area contributed by atoms with E-state index < -0.39 is 0 Å². The quantitative estimate of drug-likeness (QED) is 0.946. The fourth-order valence-corrected chi connectivity index (χ4v) is 2.13. The number of hydrogen-bond acceptors (Lipinski definition) is 3. The Kier molecular flexibility index (Phi) is 3.68. The Morgan fingerprint density at radius 1 is 1.50 bits per heavy atom. The van der Waals surface area contributed by atoms with E-state index in [0.29, 0.717) is 16.1 Å². The van der Waals surface area contributed by atoms with Gasteiger partial charge in [-0.25, -0.2) is 4.98 Å². The van der Waals surface area contributed by atoms with E-state index in [1.165, 1.54) is 0 Å². The monoisotopic (exact) mass is 305 g/mol. The molecule has 0 bridgehead atoms. The van der Waals surface area contributed by atoms with Gasteiger partial charge >= 0.3 is 0 Å². The molecular formula is C13H12BrN3O. The second-order valence-electron chi connectivity index (χ2n) is 3.74. The van der Waals surface area contributed by atoms with Crippen LogP contribution in [-0.2, 0) is 6.42 Å². The van der Waals surface area contributed by atoms with E-state index in [0.717, 1.165) is 23.3 Å². The molecule has 1 aromatic heterocycles. The molecular weight excluding hydrogens is 294 g/mol. The van der Waals surface area contributed by atoms with Crippen LogP contribution in [0, 0.1) is 11.3 Å². The molecule has 1 heterocycles. The summed E-state index contributed by atoms with van der Waals surface area (Å²) in [5.41, 5.74) is 2.41. The van der Waals surface area contributed by atoms with Gasteiger partial charge in [-0.2, -0.15) is 5.26 Å². The first-order valence-electron chi connectivity index (χ1n) is 5.52. The molecule has 2 aromatic rings. The first-order valence-corrected chi connectivity index (χ1v) is 6.31. The molecule has 4 nitrogen and oxygen atoms in total. The smallest absolute Gasteiger partial charge is 0.173 e. The van der Waals surface area contributed by atoms with Crippen molar-refractivity contribution in [2.45, 2.75) is 13.3 Å². The van der Waals surface area contributed by atoms with Gasteiger partial charge in [-0.1, -0.05) is 6.92 Å². The number of nitrogens with zero attached hydrogens (tertiary/aromatic N) is 2. The summed E-state index contributed by atoms with van der Waals surface area (Å²) in [7, 11) is 1.66. The number of imidazole rings is 1. The summed E-state index contributed by atoms with van der Waals surface area (Å²) in [4.78, 5) is 7.27. The highest BCUT2D eigenvalue weighted by Crippen LogP contribution is 2.27. The number of aromatic nitrogens is 2. The molecule has 0 radical (unpaired) electrons. The fourth-order valence-electron chi connectivity index (χ4n) is 1.76. The molecule has 1 aromatic carbocycles. The van der Waals surface area contributed by atoms with Gasteiger partial charge in [0.15, 0.2) is 5.69 Å². The molecule has 0 aliphatic carbocycles. The van der Waals surface area contributed by atoms with Crippen LogP contribution in [0.25, 0.3) is 11.4 Å². The van der Waals surface area contributed by atoms with E-state index in [1.807, 2.05) is 24.3 Å². The Labute approximate surface area is 114 Å². The molecule has 0 saturated heterocycles. The number of ether oxygens (including phenoxy) is 1. The summed E-state index contributed by atoms with van der Waals surface area (Å²) in [6.45, 7) is 2.07. The van der Waals surface area contributed by atoms with E-state index in [2.05, 4.69) is 32.8 Å². The largest absolute Gasteiger partial charge is 0.496 e. The molecule has 0 aliphatic heterocycles. The second-order valence-corrected chi connectivity index (χ2v) is 4.53. The average molecular weight is 306 g/mol. The van der Waals surface area contributed by atoms with Crippen molar-refractivity contribution in [3.05, 3.63) is 34.1 Å². The number of aromatic amines is 1. The van der Waals surface area contributed by atoms with Crippen LogP contribution >= 0.6 is 15.9 Å². The van der Waals surface area contributed by atoms with Crippen molar-refractivity contribution in [2.75, 3.05) is 7.11 Å². The summed E-state index contributed by atoms with van der Waals surface area (Å²) >= 11 is 3.27. The van der Waals surface area contributed by atoms with Crippen LogP contribution in [0.4, 0.5) is 0 Å². The van der Waals surface area contributed by atoms with Gasteiger partial charge in [-0.05, 0) is 46.1 Å². The Balaban J connectivity index is 2.48. The first kappa shape index (κ1) is 12.7. The molecule has 18 heavy (non-hydrogen) atoms. The van der Waals surface area contributed by atoms with Gasteiger partial charge in [-0.15, -0.1) is 0 Å². The van der Waals surface area contributed by atoms with Crippen LogP contribution in [0.15, 0.2) is 22.8 Å². The first-order chi connectivity index (χ1) is 8.69. The summed E-state index contributed by atoms with van der Waals surface area (Å²) in [6, 6.07) is 7.88. The van der Waals surface area contributed by atoms with Crippen molar-refractivity contribution in [2.24, 2.45) is 0 Å². The Hall–Kier alpha value is -1.80. The Morgan fingerprint density at radius 3 is 2.83 bits per heavy atom. The summed E-state index contributed by atoms with van der Waals surface area (Å²) < 4.78 is 5.89. The van der Waals surface area contributed by atoms with Crippen molar-refractivity contribution in [3.8, 4) is 23.2 Å². The van der Waals surface area contributed by atoms with Gasteiger partial charge in [0.1, 0.15) is 22.2 Å². The number of H-pyrrole nitrogens is 1. The molecule has 5 heteroatoms. The number of benzene rings is 1. The number of hydrogen-bond donors (Lipinski definition) is 1. The van der Waals surface area contributed by atoms with Crippen LogP contribution in [0.1, 0.15) is 18.2 Å². The third-order valence-corrected chi connectivity index (χ3v) is 3.27. The van der Waals surface area contributed by atoms with Crippen molar-refractivity contribution in [1.82, 2.24) is 9.97 Å². The van der Waals surface area contributed by atoms with Crippen molar-refractivity contribution in [3.63, 3.8) is 0 Å². The Bertz CT molecular complexity index is 613. The molecule has 0 aliphatic rings. The number of halogens is 1. The maximum Gasteiger partial charge on any atom is 0.173 e. The minimum absolute atomic E-state index is 0.360. The number of methoxy groups -OCH3 is 1. The number of nitriles is 1. The van der Waals surface area contributed by atoms with Crippen LogP contribution in [0.2, 0.25) is 0 Å². The number of nitrogens with one attached hydrogen (secondary N) is 1. The number of aryl methyl sites for hydroxylation is 1. The fraction of sp³-hybridized carbons (Fsp3) is 0.231. The second kappa shape index (κ2) is 5.23. The van der Waals surface area contributed by atoms with Crippen LogP contribution in [0.3, 0.4) is 0 Å². The minimum Gasteiger partial charge on any atom is -0.496 e. The third kappa shape index (κ3) is 2.24. The predicted molar refractivity (Wildman–Crippen MR) is 72.4 cm³/mol. The average Bonchev–Trinajstić information content (AvgIpc) is 2.79. The lowest BCUT2D eigenvalue weighted by atomic mass is 10.1. The molecule has 2 rings (SSSR count). The Morgan fingerprint density at radius 2 is 2.28 bits per heavy atom. The standard InChI is InChI=1S/C13H12BrN3O/c1-3-8-6-9(4-5-11(8)18-2)13-16-10(7-15)12(14)17-13/h4-6H,3H2,1-2H3,(H,16,17). The normalized spacial score (nSPS) is 10.1. The highest BCUT2D eigenvalue weighted by atomic mass is 79.9. The number of rotatable bonds is 3. The molecule has 0 saturated carbocycles. The summed E-state index contributed by atoms with van der Waals surface area (Å²) in [5.74, 6) is 1.54. The van der Waals surface area contributed by atoms with Gasteiger partial charge in [0, 0.05) is 5.56 Å². The van der Waals surface area contributed by atoms with Crippen molar-refractivity contribution < 1.29 is 4.74 Å². The molecule has 1 N–H and O–H groups in total. The molecule has 0 amide bonds. The lowest BCUT2D eigenvalue weighted by Crippen LogP contribution is -1.91.